The zero-order valence-corrected chi connectivity index (χ0v) is 9.35. The lowest BCUT2D eigenvalue weighted by Gasteiger charge is -2.47. The van der Waals surface area contributed by atoms with Crippen LogP contribution in [0.3, 0.4) is 0 Å². The second-order valence-electron chi connectivity index (χ2n) is 5.23. The Morgan fingerprint density at radius 1 is 1.15 bits per heavy atom. The van der Waals surface area contributed by atoms with Crippen LogP contribution in [0.2, 0.25) is 0 Å². The molecular weight excluding hydrogens is 166 g/mol. The minimum Gasteiger partial charge on any atom is -0.381 e. The third kappa shape index (κ3) is 2.03. The van der Waals surface area contributed by atoms with Gasteiger partial charge in [0.15, 0.2) is 0 Å². The van der Waals surface area contributed by atoms with Crippen LogP contribution in [-0.2, 0) is 4.74 Å². The molecule has 0 aromatic heterocycles. The first-order chi connectivity index (χ1) is 5.79. The average molecular weight is 188 g/mol. The molecule has 3 heteroatoms. The molecule has 13 heavy (non-hydrogen) atoms. The van der Waals surface area contributed by atoms with Gasteiger partial charge < -0.3 is 9.94 Å². The standard InChI is InChI=1S/C10H21NO2/c1-9(2)6-8(13-5)7-10(3,4)11(9)12/h8,12H,6-7H2,1-5H3/p+1. The van der Waals surface area contributed by atoms with Gasteiger partial charge in [0.25, 0.3) is 0 Å². The molecule has 0 amide bonds. The summed E-state index contributed by atoms with van der Waals surface area (Å²) in [5, 5.41) is 9.74. The quantitative estimate of drug-likeness (QED) is 0.581. The van der Waals surface area contributed by atoms with E-state index >= 15 is 0 Å². The summed E-state index contributed by atoms with van der Waals surface area (Å²) in [6.07, 6.45) is 2.18. The van der Waals surface area contributed by atoms with Crippen molar-refractivity contribution in [3.63, 3.8) is 0 Å². The lowest BCUT2D eigenvalue weighted by atomic mass is 9.80. The molecule has 0 spiro atoms. The third-order valence-corrected chi connectivity index (χ3v) is 3.00. The highest BCUT2D eigenvalue weighted by Crippen LogP contribution is 2.37. The number of nitrogens with zero attached hydrogens (tertiary/aromatic N) is 1. The average Bonchev–Trinajstić information content (AvgIpc) is 1.99. The maximum absolute atomic E-state index is 8.02. The molecule has 0 bridgehead atoms. The zero-order chi connectivity index (χ0) is 10.3. The number of hydroxylamine groups is 2. The predicted molar refractivity (Wildman–Crippen MR) is 53.6 cm³/mol. The molecule has 0 aromatic rings. The Morgan fingerprint density at radius 3 is 1.85 bits per heavy atom. The molecule has 1 aliphatic rings. The highest BCUT2D eigenvalue weighted by atomic mass is 16.5. The van der Waals surface area contributed by atoms with Crippen LogP contribution in [-0.4, -0.2) is 34.6 Å². The number of methoxy groups -OCH3 is 1. The van der Waals surface area contributed by atoms with Crippen LogP contribution in [0.5, 0.6) is 0 Å². The van der Waals surface area contributed by atoms with Gasteiger partial charge in [0.05, 0.1) is 17.2 Å². The van der Waals surface area contributed by atoms with Crippen molar-refractivity contribution in [2.24, 2.45) is 0 Å². The summed E-state index contributed by atoms with van der Waals surface area (Å²) in [5.41, 5.74) is -0.162. The summed E-state index contributed by atoms with van der Waals surface area (Å²) >= 11 is 0. The van der Waals surface area contributed by atoms with E-state index in [0.29, 0.717) is 6.10 Å². The fourth-order valence-electron chi connectivity index (χ4n) is 2.36. The molecular formula is C10H22NO2+. The molecule has 3 nitrogen and oxygen atoms in total. The van der Waals surface area contributed by atoms with Gasteiger partial charge in [0, 0.05) is 7.11 Å². The van der Waals surface area contributed by atoms with E-state index in [9.17, 15) is 0 Å². The van der Waals surface area contributed by atoms with E-state index in [1.165, 1.54) is 0 Å². The normalized spacial score (nSPS) is 29.1. The van der Waals surface area contributed by atoms with E-state index in [2.05, 4.69) is 27.7 Å². The number of ether oxygens (including phenoxy) is 1. The molecule has 0 aromatic carbocycles. The lowest BCUT2D eigenvalue weighted by molar-refractivity contribution is -0.259. The summed E-state index contributed by atoms with van der Waals surface area (Å²) in [6.45, 7) is 8.42. The minimum absolute atomic E-state index is 0.0809. The van der Waals surface area contributed by atoms with Crippen molar-refractivity contribution in [2.75, 3.05) is 7.11 Å². The van der Waals surface area contributed by atoms with Crippen LogP contribution < -0.4 is 0 Å². The lowest BCUT2D eigenvalue weighted by Crippen LogP contribution is -2.60. The third-order valence-electron chi connectivity index (χ3n) is 3.00. The molecule has 78 valence electrons. The summed E-state index contributed by atoms with van der Waals surface area (Å²) in [7, 11) is 1.76. The zero-order valence-electron chi connectivity index (χ0n) is 9.35. The van der Waals surface area contributed by atoms with Gasteiger partial charge in [-0.05, 0) is 40.5 Å². The first-order valence-electron chi connectivity index (χ1n) is 4.84. The highest BCUT2D eigenvalue weighted by molar-refractivity contribution is 4.96. The Labute approximate surface area is 80.6 Å². The number of hydrogen-bond donors (Lipinski definition) is 0. The Bertz CT molecular complexity index is 171. The first kappa shape index (κ1) is 11.0. The molecule has 1 heterocycles. The van der Waals surface area contributed by atoms with E-state index in [0.717, 1.165) is 12.8 Å². The van der Waals surface area contributed by atoms with E-state index in [1.54, 1.807) is 12.2 Å². The first-order valence-corrected chi connectivity index (χ1v) is 4.84. The van der Waals surface area contributed by atoms with E-state index in [4.69, 9.17) is 9.94 Å². The highest BCUT2D eigenvalue weighted by Gasteiger charge is 2.48. The van der Waals surface area contributed by atoms with Crippen molar-refractivity contribution in [1.29, 1.82) is 0 Å². The monoisotopic (exact) mass is 188 g/mol. The Balaban J connectivity index is 2.82. The van der Waals surface area contributed by atoms with Gasteiger partial charge in [0.2, 0.25) is 0 Å². The van der Waals surface area contributed by atoms with E-state index < -0.39 is 0 Å². The Morgan fingerprint density at radius 2 is 1.54 bits per heavy atom. The molecule has 0 aliphatic carbocycles. The molecule has 1 rings (SSSR count). The minimum atomic E-state index is -0.0809. The van der Waals surface area contributed by atoms with Gasteiger partial charge in [0.1, 0.15) is 0 Å². The van der Waals surface area contributed by atoms with Crippen LogP contribution in [0.1, 0.15) is 40.5 Å². The van der Waals surface area contributed by atoms with E-state index in [-0.39, 0.29) is 11.1 Å². The Kier molecular flexibility index (Phi) is 2.72. The van der Waals surface area contributed by atoms with Crippen molar-refractivity contribution in [1.82, 2.24) is 5.06 Å². The second kappa shape index (κ2) is 3.23. The topological polar surface area (TPSA) is 35.4 Å². The number of rotatable bonds is 1. The molecule has 0 saturated carbocycles. The fourth-order valence-corrected chi connectivity index (χ4v) is 2.36. The summed E-state index contributed by atoms with van der Waals surface area (Å²) < 4.78 is 5.40. The summed E-state index contributed by atoms with van der Waals surface area (Å²) in [6, 6.07) is 0. The van der Waals surface area contributed by atoms with Crippen LogP contribution in [0.25, 0.3) is 0 Å². The van der Waals surface area contributed by atoms with Gasteiger partial charge >= 0.3 is 0 Å². The van der Waals surface area contributed by atoms with Crippen LogP contribution in [0.15, 0.2) is 0 Å². The van der Waals surface area contributed by atoms with Crippen molar-refractivity contribution in [3.8, 4) is 0 Å². The van der Waals surface area contributed by atoms with Crippen LogP contribution >= 0.6 is 0 Å². The van der Waals surface area contributed by atoms with Gasteiger partial charge in [-0.1, -0.05) is 5.06 Å². The summed E-state index contributed by atoms with van der Waals surface area (Å²) in [5.74, 6) is 0. The van der Waals surface area contributed by atoms with Crippen molar-refractivity contribution in [3.05, 3.63) is 0 Å². The Hall–Kier alpha value is -0.120. The molecule has 1 fully saturated rings. The largest absolute Gasteiger partial charge is 0.381 e. The van der Waals surface area contributed by atoms with Crippen LogP contribution in [0, 0.1) is 0 Å². The maximum atomic E-state index is 8.02. The van der Waals surface area contributed by atoms with Gasteiger partial charge in [-0.25, -0.2) is 0 Å². The number of hydrogen-bond acceptors (Lipinski definition) is 2. The van der Waals surface area contributed by atoms with Crippen molar-refractivity contribution < 1.29 is 9.94 Å². The SMILES string of the molecule is COC1CC(C)(C)N([OH2+])C(C)(C)C1. The molecule has 2 N–H and O–H groups in total. The molecule has 0 atom stereocenters. The number of piperidine rings is 1. The molecule has 1 aliphatic heterocycles. The van der Waals surface area contributed by atoms with Gasteiger partial charge in [-0.3, -0.25) is 0 Å². The molecule has 0 unspecified atom stereocenters. The van der Waals surface area contributed by atoms with Crippen molar-refractivity contribution in [2.45, 2.75) is 57.7 Å². The van der Waals surface area contributed by atoms with E-state index in [1.807, 2.05) is 0 Å². The predicted octanol–water partition coefficient (Wildman–Crippen LogP) is 1.29. The van der Waals surface area contributed by atoms with Gasteiger partial charge in [-0.2, -0.15) is 0 Å². The van der Waals surface area contributed by atoms with Crippen molar-refractivity contribution >= 4 is 0 Å². The van der Waals surface area contributed by atoms with Crippen LogP contribution in [0.4, 0.5) is 0 Å². The molecule has 1 saturated heterocycles. The maximum Gasteiger partial charge on any atom is 0.0859 e. The fraction of sp³-hybridized carbons (Fsp3) is 1.00. The summed E-state index contributed by atoms with van der Waals surface area (Å²) in [4.78, 5) is 0. The molecule has 0 radical (unpaired) electrons. The van der Waals surface area contributed by atoms with Gasteiger partial charge in [-0.15, -0.1) is 0 Å². The smallest absolute Gasteiger partial charge is 0.0859 e. The second-order valence-corrected chi connectivity index (χ2v) is 5.23.